The molecule has 8 rings (SSSR count). The summed E-state index contributed by atoms with van der Waals surface area (Å²) in [5.41, 5.74) is 8.35. The first-order valence-corrected chi connectivity index (χ1v) is 21.1. The Morgan fingerprint density at radius 3 is 1.68 bits per heavy atom. The summed E-state index contributed by atoms with van der Waals surface area (Å²) >= 11 is 3.42. The van der Waals surface area contributed by atoms with Crippen LogP contribution >= 0.6 is 15.9 Å². The molecule has 6 aromatic heterocycles. The third-order valence-corrected chi connectivity index (χ3v) is 10.9. The third-order valence-electron chi connectivity index (χ3n) is 10.3. The van der Waals surface area contributed by atoms with E-state index in [1.54, 1.807) is 129 Å². The fourth-order valence-corrected chi connectivity index (χ4v) is 6.78. The normalized spacial score (nSPS) is 10.3. The molecule has 16 nitrogen and oxygen atoms in total. The number of pyridine rings is 4. The van der Waals surface area contributed by atoms with Gasteiger partial charge in [-0.1, -0.05) is 50.1 Å². The Kier molecular flexibility index (Phi) is 15.3. The van der Waals surface area contributed by atoms with Gasteiger partial charge >= 0.3 is 6.92 Å². The number of anilines is 2. The summed E-state index contributed by atoms with van der Waals surface area (Å²) < 4.78 is 4.29. The topological polar surface area (TPSA) is 215 Å². The van der Waals surface area contributed by atoms with Crippen molar-refractivity contribution in [3.63, 3.8) is 0 Å². The number of hydrogen-bond acceptors (Lipinski definition) is 11. The molecule has 328 valence electrons. The number of halogens is 1. The number of hydrogen-bond donors (Lipinski definition) is 2. The van der Waals surface area contributed by atoms with Crippen molar-refractivity contribution in [2.45, 2.75) is 20.2 Å². The van der Waals surface area contributed by atoms with Gasteiger partial charge in [-0.2, -0.15) is 20.7 Å². The molecular formula is C48H41BBrN11O5. The SMILES string of the molecule is CCC(=O)c1ccc(B(C)O)cc1.CN(C(=O)c1ccc(C#N)cn1)c1ccn2ncc(Br)c2c1.CNC(=O)c1ccc(-c2cnn3ccc(N(C)C(=O)c4ccc(C#N)cn4)cc23)cc1. The highest BCUT2D eigenvalue weighted by molar-refractivity contribution is 9.10. The number of rotatable bonds is 9. The summed E-state index contributed by atoms with van der Waals surface area (Å²) in [6.07, 6.45) is 10.3. The van der Waals surface area contributed by atoms with E-state index < -0.39 is 6.92 Å². The van der Waals surface area contributed by atoms with Gasteiger partial charge in [0.15, 0.2) is 5.78 Å². The zero-order valence-electron chi connectivity index (χ0n) is 36.4. The molecule has 66 heavy (non-hydrogen) atoms. The quantitative estimate of drug-likeness (QED) is 0.116. The number of nitrogens with one attached hydrogen (secondary N) is 1. The maximum absolute atomic E-state index is 12.8. The summed E-state index contributed by atoms with van der Waals surface area (Å²) in [6.45, 7) is 3.08. The molecule has 6 heterocycles. The van der Waals surface area contributed by atoms with Crippen molar-refractivity contribution in [1.82, 2.24) is 34.5 Å². The molecule has 18 heteroatoms. The second-order valence-corrected chi connectivity index (χ2v) is 15.4. The van der Waals surface area contributed by atoms with E-state index in [9.17, 15) is 24.2 Å². The predicted molar refractivity (Wildman–Crippen MR) is 255 cm³/mol. The summed E-state index contributed by atoms with van der Waals surface area (Å²) in [7, 11) is 4.94. The summed E-state index contributed by atoms with van der Waals surface area (Å²) in [5, 5.41) is 38.0. The van der Waals surface area contributed by atoms with E-state index in [4.69, 9.17) is 10.5 Å². The third kappa shape index (κ3) is 10.9. The number of Topliss-reactive ketones (excluding diaryl/α,β-unsaturated/α-hetero) is 1. The molecule has 3 amide bonds. The van der Waals surface area contributed by atoms with Crippen LogP contribution in [-0.2, 0) is 0 Å². The summed E-state index contributed by atoms with van der Waals surface area (Å²) in [6, 6.07) is 31.8. The highest BCUT2D eigenvalue weighted by atomic mass is 79.9. The van der Waals surface area contributed by atoms with Gasteiger partial charge in [0.1, 0.15) is 23.5 Å². The molecule has 0 radical (unpaired) electrons. The number of ketones is 1. The largest absolute Gasteiger partial charge is 0.447 e. The molecule has 0 fully saturated rings. The minimum absolute atomic E-state index is 0.136. The van der Waals surface area contributed by atoms with Gasteiger partial charge in [-0.05, 0) is 87.6 Å². The molecule has 0 aliphatic rings. The predicted octanol–water partition coefficient (Wildman–Crippen LogP) is 6.64. The van der Waals surface area contributed by atoms with Crippen LogP contribution in [0.3, 0.4) is 0 Å². The standard InChI is InChI=1S/C23H18N6O2.C15H10BrN5O.C10H13BO2/c1-25-22(30)17-6-4-16(5-7-17)19-14-27-29-10-9-18(11-21(19)29)28(2)23(31)20-8-3-15(12-24)13-26-20;1-20(15(22)13-3-2-10(7-17)8-18-13)11-4-5-21-14(6-11)12(16)9-19-21;1-3-10(12)8-4-6-9(7-5-8)11(2)13/h3-11,13-14H,1-2H3,(H,25,30);2-6,8-9H,1H3;4-7,13H,3H2,1-2H3. The second kappa shape index (κ2) is 21.4. The molecular weight excluding hydrogens is 901 g/mol. The number of benzene rings is 2. The summed E-state index contributed by atoms with van der Waals surface area (Å²) in [4.78, 5) is 59.4. The number of fused-ring (bicyclic) bond motifs is 2. The fraction of sp³-hybridized carbons (Fsp3) is 0.125. The van der Waals surface area contributed by atoms with Crippen LogP contribution in [0.1, 0.15) is 66.2 Å². The Bertz CT molecular complexity index is 3120. The van der Waals surface area contributed by atoms with Crippen LogP contribution in [0.5, 0.6) is 0 Å². The number of nitriles is 2. The summed E-state index contributed by atoms with van der Waals surface area (Å²) in [5.74, 6) is -0.545. The number of carbonyl (C=O) groups is 4. The van der Waals surface area contributed by atoms with Crippen LogP contribution in [-0.4, -0.2) is 85.8 Å². The lowest BCUT2D eigenvalue weighted by molar-refractivity contribution is 0.0959. The van der Waals surface area contributed by atoms with E-state index in [0.717, 1.165) is 37.8 Å². The maximum atomic E-state index is 12.8. The van der Waals surface area contributed by atoms with Crippen molar-refractivity contribution in [3.8, 4) is 23.3 Å². The van der Waals surface area contributed by atoms with Crippen LogP contribution in [0.2, 0.25) is 6.82 Å². The van der Waals surface area contributed by atoms with Gasteiger partial charge in [0.25, 0.3) is 17.7 Å². The average molecular weight is 943 g/mol. The van der Waals surface area contributed by atoms with Gasteiger partial charge < -0.3 is 20.1 Å². The molecule has 0 unspecified atom stereocenters. The van der Waals surface area contributed by atoms with Crippen LogP contribution in [0.25, 0.3) is 22.2 Å². The highest BCUT2D eigenvalue weighted by Gasteiger charge is 2.18. The van der Waals surface area contributed by atoms with Crippen molar-refractivity contribution in [2.24, 2.45) is 0 Å². The molecule has 8 aromatic rings. The molecule has 2 aromatic carbocycles. The van der Waals surface area contributed by atoms with E-state index in [1.807, 2.05) is 43.3 Å². The lowest BCUT2D eigenvalue weighted by Gasteiger charge is -2.17. The highest BCUT2D eigenvalue weighted by Crippen LogP contribution is 2.28. The van der Waals surface area contributed by atoms with Crippen molar-refractivity contribution in [1.29, 1.82) is 10.5 Å². The van der Waals surface area contributed by atoms with Gasteiger partial charge in [-0.3, -0.25) is 19.2 Å². The van der Waals surface area contributed by atoms with Gasteiger partial charge in [-0.25, -0.2) is 19.0 Å². The van der Waals surface area contributed by atoms with Crippen molar-refractivity contribution < 1.29 is 24.2 Å². The van der Waals surface area contributed by atoms with Gasteiger partial charge in [0.05, 0.1) is 39.0 Å². The number of aromatic nitrogens is 6. The van der Waals surface area contributed by atoms with Gasteiger partial charge in [0, 0.05) is 80.4 Å². The molecule has 0 aliphatic carbocycles. The Balaban J connectivity index is 0.000000179. The van der Waals surface area contributed by atoms with Crippen LogP contribution < -0.4 is 20.6 Å². The number of amides is 3. The van der Waals surface area contributed by atoms with E-state index in [0.29, 0.717) is 34.4 Å². The number of nitrogens with zero attached hydrogens (tertiary/aromatic N) is 10. The lowest BCUT2D eigenvalue weighted by Crippen LogP contribution is -2.27. The first-order valence-electron chi connectivity index (χ1n) is 20.3. The Labute approximate surface area is 388 Å². The first-order chi connectivity index (χ1) is 31.8. The van der Waals surface area contributed by atoms with Crippen molar-refractivity contribution >= 4 is 74.2 Å². The van der Waals surface area contributed by atoms with E-state index in [1.165, 1.54) is 28.3 Å². The van der Waals surface area contributed by atoms with E-state index in [-0.39, 0.29) is 34.9 Å². The lowest BCUT2D eigenvalue weighted by atomic mass is 9.64. The molecule has 0 saturated heterocycles. The maximum Gasteiger partial charge on any atom is 0.320 e. The van der Waals surface area contributed by atoms with Crippen LogP contribution in [0.4, 0.5) is 11.4 Å². The Hall–Kier alpha value is -8.32. The monoisotopic (exact) mass is 941 g/mol. The van der Waals surface area contributed by atoms with Crippen LogP contribution in [0, 0.1) is 22.7 Å². The first kappa shape index (κ1) is 47.2. The average Bonchev–Trinajstić information content (AvgIpc) is 3.97. The van der Waals surface area contributed by atoms with E-state index in [2.05, 4.69) is 41.4 Å². The minimum Gasteiger partial charge on any atom is -0.447 e. The molecule has 2 N–H and O–H groups in total. The van der Waals surface area contributed by atoms with Gasteiger partial charge in [0.2, 0.25) is 0 Å². The molecule has 0 atom stereocenters. The fourth-order valence-electron chi connectivity index (χ4n) is 6.40. The zero-order valence-corrected chi connectivity index (χ0v) is 38.0. The second-order valence-electron chi connectivity index (χ2n) is 14.5. The number of carbonyl (C=O) groups excluding carboxylic acids is 4. The smallest absolute Gasteiger partial charge is 0.320 e. The minimum atomic E-state index is -0.467. The molecule has 0 spiro atoms. The van der Waals surface area contributed by atoms with E-state index >= 15 is 0 Å². The van der Waals surface area contributed by atoms with Crippen molar-refractivity contribution in [3.05, 3.63) is 172 Å². The molecule has 0 saturated carbocycles. The van der Waals surface area contributed by atoms with Crippen LogP contribution in [0.15, 0.2) is 139 Å². The molecule has 0 aliphatic heterocycles. The van der Waals surface area contributed by atoms with Gasteiger partial charge in [-0.15, -0.1) is 0 Å². The Morgan fingerprint density at radius 1 is 0.712 bits per heavy atom. The molecule has 0 bridgehead atoms. The Morgan fingerprint density at radius 2 is 1.21 bits per heavy atom. The zero-order chi connectivity index (χ0) is 47.5. The van der Waals surface area contributed by atoms with Crippen molar-refractivity contribution in [2.75, 3.05) is 30.9 Å².